The van der Waals surface area contributed by atoms with Crippen LogP contribution in [-0.4, -0.2) is 23.9 Å². The van der Waals surface area contributed by atoms with E-state index >= 15 is 0 Å². The Hall–Kier alpha value is -1.04. The molecule has 1 fully saturated rings. The number of nitrogens with zero attached hydrogens (tertiary/aromatic N) is 2. The van der Waals surface area contributed by atoms with Gasteiger partial charge in [-0.25, -0.2) is 0 Å². The molecular weight excluding hydrogens is 164 g/mol. The summed E-state index contributed by atoms with van der Waals surface area (Å²) >= 11 is 0. The monoisotopic (exact) mass is 180 g/mol. The highest BCUT2D eigenvalue weighted by Gasteiger charge is 2.23. The summed E-state index contributed by atoms with van der Waals surface area (Å²) < 4.78 is 0. The maximum Gasteiger partial charge on any atom is 0.239 e. The van der Waals surface area contributed by atoms with Gasteiger partial charge in [-0.15, -0.1) is 0 Å². The number of piperidine rings is 1. The van der Waals surface area contributed by atoms with E-state index in [2.05, 4.69) is 6.92 Å². The standard InChI is InChI=1S/C10H16N2O/c1-8-3-5-12(6-4-8)10(13)9(2)7-11/h8-9H,3-6H2,1-2H3. The van der Waals surface area contributed by atoms with E-state index < -0.39 is 5.92 Å². The normalized spacial score (nSPS) is 20.8. The smallest absolute Gasteiger partial charge is 0.239 e. The SMILES string of the molecule is CC1CCN(C(=O)C(C)C#N)CC1. The third kappa shape index (κ3) is 2.45. The van der Waals surface area contributed by atoms with Crippen molar-refractivity contribution in [3.63, 3.8) is 0 Å². The van der Waals surface area contributed by atoms with Crippen LogP contribution < -0.4 is 0 Å². The summed E-state index contributed by atoms with van der Waals surface area (Å²) in [5.41, 5.74) is 0. The predicted molar refractivity (Wildman–Crippen MR) is 49.8 cm³/mol. The highest BCUT2D eigenvalue weighted by atomic mass is 16.2. The second-order valence-corrected chi connectivity index (χ2v) is 3.86. The van der Waals surface area contributed by atoms with Gasteiger partial charge < -0.3 is 4.90 Å². The van der Waals surface area contributed by atoms with Gasteiger partial charge in [-0.2, -0.15) is 5.26 Å². The molecule has 0 bridgehead atoms. The quantitative estimate of drug-likeness (QED) is 0.612. The fourth-order valence-electron chi connectivity index (χ4n) is 1.56. The zero-order chi connectivity index (χ0) is 9.84. The maximum absolute atomic E-state index is 11.5. The summed E-state index contributed by atoms with van der Waals surface area (Å²) in [6.45, 7) is 5.52. The lowest BCUT2D eigenvalue weighted by Gasteiger charge is -2.30. The molecule has 1 unspecified atom stereocenters. The van der Waals surface area contributed by atoms with Crippen LogP contribution in [0.15, 0.2) is 0 Å². The molecule has 0 saturated carbocycles. The van der Waals surface area contributed by atoms with E-state index in [9.17, 15) is 4.79 Å². The minimum Gasteiger partial charge on any atom is -0.342 e. The molecule has 0 radical (unpaired) electrons. The molecule has 0 aliphatic carbocycles. The molecule has 0 N–H and O–H groups in total. The molecule has 72 valence electrons. The van der Waals surface area contributed by atoms with Gasteiger partial charge in [-0.1, -0.05) is 6.92 Å². The molecule has 0 spiro atoms. The molecule has 0 aromatic heterocycles. The van der Waals surface area contributed by atoms with Crippen molar-refractivity contribution in [2.75, 3.05) is 13.1 Å². The Morgan fingerprint density at radius 2 is 2.08 bits per heavy atom. The van der Waals surface area contributed by atoms with Crippen LogP contribution in [0.1, 0.15) is 26.7 Å². The molecule has 1 saturated heterocycles. The summed E-state index contributed by atoms with van der Waals surface area (Å²) in [6.07, 6.45) is 2.15. The fourth-order valence-corrected chi connectivity index (χ4v) is 1.56. The van der Waals surface area contributed by atoms with Crippen LogP contribution in [0.5, 0.6) is 0 Å². The molecule has 1 aliphatic heterocycles. The van der Waals surface area contributed by atoms with Crippen LogP contribution in [0.4, 0.5) is 0 Å². The number of amides is 1. The fraction of sp³-hybridized carbons (Fsp3) is 0.800. The van der Waals surface area contributed by atoms with Crippen molar-refractivity contribution < 1.29 is 4.79 Å². The van der Waals surface area contributed by atoms with Crippen molar-refractivity contribution in [2.45, 2.75) is 26.7 Å². The van der Waals surface area contributed by atoms with Crippen LogP contribution in [0.2, 0.25) is 0 Å². The van der Waals surface area contributed by atoms with Gasteiger partial charge in [0.15, 0.2) is 0 Å². The lowest BCUT2D eigenvalue weighted by atomic mass is 9.98. The molecule has 3 heteroatoms. The van der Waals surface area contributed by atoms with Gasteiger partial charge in [-0.3, -0.25) is 4.79 Å². The average molecular weight is 180 g/mol. The number of hydrogen-bond acceptors (Lipinski definition) is 2. The highest BCUT2D eigenvalue weighted by molar-refractivity contribution is 5.80. The molecule has 13 heavy (non-hydrogen) atoms. The van der Waals surface area contributed by atoms with E-state index in [1.54, 1.807) is 6.92 Å². The molecule has 1 aliphatic rings. The van der Waals surface area contributed by atoms with Gasteiger partial charge in [0.2, 0.25) is 5.91 Å². The Morgan fingerprint density at radius 1 is 1.54 bits per heavy atom. The predicted octanol–water partition coefficient (Wildman–Crippen LogP) is 1.40. The second-order valence-electron chi connectivity index (χ2n) is 3.86. The molecule has 1 amide bonds. The van der Waals surface area contributed by atoms with Crippen molar-refractivity contribution in [3.05, 3.63) is 0 Å². The number of likely N-dealkylation sites (tertiary alicyclic amines) is 1. The molecule has 1 atom stereocenters. The number of carbonyl (C=O) groups excluding carboxylic acids is 1. The number of rotatable bonds is 1. The Morgan fingerprint density at radius 3 is 2.54 bits per heavy atom. The molecule has 0 aromatic carbocycles. The van der Waals surface area contributed by atoms with E-state index in [0.29, 0.717) is 0 Å². The van der Waals surface area contributed by atoms with Crippen molar-refractivity contribution >= 4 is 5.91 Å². The van der Waals surface area contributed by atoms with Gasteiger partial charge in [0.05, 0.1) is 6.07 Å². The van der Waals surface area contributed by atoms with Crippen LogP contribution >= 0.6 is 0 Å². The van der Waals surface area contributed by atoms with Gasteiger partial charge in [0.1, 0.15) is 5.92 Å². The minimum atomic E-state index is -0.478. The Labute approximate surface area is 79.3 Å². The summed E-state index contributed by atoms with van der Waals surface area (Å²) in [5.74, 6) is 0.240. The number of nitriles is 1. The Balaban J connectivity index is 2.46. The first kappa shape index (κ1) is 10.0. The third-order valence-corrected chi connectivity index (χ3v) is 2.66. The molecule has 1 rings (SSSR count). The summed E-state index contributed by atoms with van der Waals surface area (Å²) in [7, 11) is 0. The largest absolute Gasteiger partial charge is 0.342 e. The summed E-state index contributed by atoms with van der Waals surface area (Å²) in [6, 6.07) is 1.98. The van der Waals surface area contributed by atoms with Crippen molar-refractivity contribution in [2.24, 2.45) is 11.8 Å². The molecule has 1 heterocycles. The Bertz CT molecular complexity index is 224. The second kappa shape index (κ2) is 4.27. The third-order valence-electron chi connectivity index (χ3n) is 2.66. The zero-order valence-corrected chi connectivity index (χ0v) is 8.29. The van der Waals surface area contributed by atoms with E-state index in [0.717, 1.165) is 31.8 Å². The van der Waals surface area contributed by atoms with Crippen molar-refractivity contribution in [1.29, 1.82) is 5.26 Å². The Kier molecular flexibility index (Phi) is 3.30. The van der Waals surface area contributed by atoms with Gasteiger partial charge >= 0.3 is 0 Å². The first-order valence-corrected chi connectivity index (χ1v) is 4.83. The van der Waals surface area contributed by atoms with E-state index in [1.807, 2.05) is 11.0 Å². The highest BCUT2D eigenvalue weighted by Crippen LogP contribution is 2.17. The summed E-state index contributed by atoms with van der Waals surface area (Å²) in [5, 5.41) is 8.59. The molecular formula is C10H16N2O. The van der Waals surface area contributed by atoms with Gasteiger partial charge in [-0.05, 0) is 25.7 Å². The average Bonchev–Trinajstić information content (AvgIpc) is 2.17. The van der Waals surface area contributed by atoms with Gasteiger partial charge in [0.25, 0.3) is 0 Å². The zero-order valence-electron chi connectivity index (χ0n) is 8.29. The van der Waals surface area contributed by atoms with Crippen LogP contribution in [-0.2, 0) is 4.79 Å². The van der Waals surface area contributed by atoms with Crippen molar-refractivity contribution in [1.82, 2.24) is 4.90 Å². The maximum atomic E-state index is 11.5. The van der Waals surface area contributed by atoms with Crippen LogP contribution in [0.3, 0.4) is 0 Å². The van der Waals surface area contributed by atoms with Crippen LogP contribution in [0.25, 0.3) is 0 Å². The van der Waals surface area contributed by atoms with Crippen molar-refractivity contribution in [3.8, 4) is 6.07 Å². The molecule has 3 nitrogen and oxygen atoms in total. The first-order chi connectivity index (χ1) is 6.15. The minimum absolute atomic E-state index is 0.00519. The lowest BCUT2D eigenvalue weighted by molar-refractivity contribution is -0.134. The lowest BCUT2D eigenvalue weighted by Crippen LogP contribution is -2.40. The molecule has 0 aromatic rings. The summed E-state index contributed by atoms with van der Waals surface area (Å²) in [4.78, 5) is 13.4. The topological polar surface area (TPSA) is 44.1 Å². The van der Waals surface area contributed by atoms with Gasteiger partial charge in [0, 0.05) is 13.1 Å². The first-order valence-electron chi connectivity index (χ1n) is 4.83. The van der Waals surface area contributed by atoms with E-state index in [1.165, 1.54) is 0 Å². The number of carbonyl (C=O) groups is 1. The van der Waals surface area contributed by atoms with E-state index in [-0.39, 0.29) is 5.91 Å². The number of hydrogen-bond donors (Lipinski definition) is 0. The van der Waals surface area contributed by atoms with E-state index in [4.69, 9.17) is 5.26 Å². The van der Waals surface area contributed by atoms with Crippen LogP contribution in [0, 0.1) is 23.2 Å².